The first-order valence-electron chi connectivity index (χ1n) is 6.35. The van der Waals surface area contributed by atoms with E-state index in [4.69, 9.17) is 0 Å². The number of benzene rings is 1. The smallest absolute Gasteiger partial charge is 0.0211 e. The van der Waals surface area contributed by atoms with Crippen LogP contribution in [0.2, 0.25) is 0 Å². The molecule has 0 spiro atoms. The fourth-order valence-corrected chi connectivity index (χ4v) is 1.99. The van der Waals surface area contributed by atoms with Crippen LogP contribution in [-0.4, -0.2) is 13.6 Å². The van der Waals surface area contributed by atoms with Crippen molar-refractivity contribution in [2.24, 2.45) is 0 Å². The van der Waals surface area contributed by atoms with Gasteiger partial charge in [-0.3, -0.25) is 0 Å². The first-order chi connectivity index (χ1) is 8.33. The quantitative estimate of drug-likeness (QED) is 0.729. The summed E-state index contributed by atoms with van der Waals surface area (Å²) in [6.45, 7) is 5.25. The lowest BCUT2D eigenvalue weighted by atomic mass is 9.90. The molecular formula is C16H23N. The second-order valence-electron chi connectivity index (χ2n) is 4.12. The molecule has 0 radical (unpaired) electrons. The Morgan fingerprint density at radius 1 is 1.29 bits per heavy atom. The van der Waals surface area contributed by atoms with Gasteiger partial charge in [-0.15, -0.1) is 0 Å². The molecule has 1 unspecified atom stereocenters. The van der Waals surface area contributed by atoms with Gasteiger partial charge in [0, 0.05) is 12.5 Å². The lowest BCUT2D eigenvalue weighted by Crippen LogP contribution is -2.18. The normalized spacial score (nSPS) is 14.2. The van der Waals surface area contributed by atoms with Crippen LogP contribution in [-0.2, 0) is 0 Å². The van der Waals surface area contributed by atoms with Crippen molar-refractivity contribution in [3.8, 4) is 0 Å². The molecule has 0 heterocycles. The van der Waals surface area contributed by atoms with Gasteiger partial charge in [0.1, 0.15) is 0 Å². The van der Waals surface area contributed by atoms with Gasteiger partial charge in [-0.2, -0.15) is 0 Å². The summed E-state index contributed by atoms with van der Waals surface area (Å²) < 4.78 is 0. The molecule has 0 amide bonds. The van der Waals surface area contributed by atoms with Gasteiger partial charge in [-0.1, -0.05) is 55.5 Å². The largest absolute Gasteiger partial charge is 0.319 e. The minimum atomic E-state index is 0.439. The third kappa shape index (κ3) is 4.20. The fraction of sp³-hybridized carbons (Fsp3) is 0.375. The topological polar surface area (TPSA) is 12.0 Å². The van der Waals surface area contributed by atoms with Crippen molar-refractivity contribution in [3.63, 3.8) is 0 Å². The Balaban J connectivity index is 2.96. The lowest BCUT2D eigenvalue weighted by molar-refractivity contribution is 0.706. The maximum Gasteiger partial charge on any atom is 0.0211 e. The zero-order valence-electron chi connectivity index (χ0n) is 11.1. The van der Waals surface area contributed by atoms with Gasteiger partial charge >= 0.3 is 0 Å². The van der Waals surface area contributed by atoms with Crippen LogP contribution in [0.4, 0.5) is 0 Å². The van der Waals surface area contributed by atoms with Gasteiger partial charge in [-0.05, 0) is 31.5 Å². The Kier molecular flexibility index (Phi) is 6.34. The SMILES string of the molecule is C/C=C(\C=C/CC)C(CNC)c1ccccc1. The van der Waals surface area contributed by atoms with Crippen LogP contribution < -0.4 is 5.32 Å². The average molecular weight is 229 g/mol. The van der Waals surface area contributed by atoms with Gasteiger partial charge in [0.2, 0.25) is 0 Å². The Morgan fingerprint density at radius 2 is 2.00 bits per heavy atom. The average Bonchev–Trinajstić information content (AvgIpc) is 2.39. The number of rotatable bonds is 6. The molecule has 0 aliphatic rings. The summed E-state index contributed by atoms with van der Waals surface area (Å²) in [6.07, 6.45) is 7.76. The van der Waals surface area contributed by atoms with E-state index in [0.717, 1.165) is 13.0 Å². The lowest BCUT2D eigenvalue weighted by Gasteiger charge is -2.18. The number of hydrogen-bond acceptors (Lipinski definition) is 1. The zero-order valence-corrected chi connectivity index (χ0v) is 11.1. The van der Waals surface area contributed by atoms with E-state index in [1.165, 1.54) is 11.1 Å². The summed E-state index contributed by atoms with van der Waals surface area (Å²) in [5.41, 5.74) is 2.75. The van der Waals surface area contributed by atoms with Crippen molar-refractivity contribution in [2.45, 2.75) is 26.2 Å². The van der Waals surface area contributed by atoms with Crippen molar-refractivity contribution in [1.82, 2.24) is 5.32 Å². The van der Waals surface area contributed by atoms with E-state index in [1.54, 1.807) is 0 Å². The fourth-order valence-electron chi connectivity index (χ4n) is 1.99. The molecular weight excluding hydrogens is 206 g/mol. The molecule has 17 heavy (non-hydrogen) atoms. The molecule has 1 heteroatoms. The van der Waals surface area contributed by atoms with Crippen molar-refractivity contribution < 1.29 is 0 Å². The van der Waals surface area contributed by atoms with E-state index in [9.17, 15) is 0 Å². The molecule has 92 valence electrons. The van der Waals surface area contributed by atoms with E-state index in [0.29, 0.717) is 5.92 Å². The third-order valence-electron chi connectivity index (χ3n) is 2.89. The van der Waals surface area contributed by atoms with Crippen LogP contribution in [0.1, 0.15) is 31.7 Å². The summed E-state index contributed by atoms with van der Waals surface area (Å²) in [6, 6.07) is 10.7. The molecule has 1 nitrogen and oxygen atoms in total. The maximum atomic E-state index is 3.28. The Hall–Kier alpha value is -1.34. The van der Waals surface area contributed by atoms with Gasteiger partial charge in [0.05, 0.1) is 0 Å². The van der Waals surface area contributed by atoms with Gasteiger partial charge in [0.25, 0.3) is 0 Å². The second kappa shape index (κ2) is 7.86. The number of hydrogen-bond donors (Lipinski definition) is 1. The molecule has 0 saturated carbocycles. The van der Waals surface area contributed by atoms with E-state index in [2.05, 4.69) is 67.7 Å². The summed E-state index contributed by atoms with van der Waals surface area (Å²) >= 11 is 0. The summed E-state index contributed by atoms with van der Waals surface area (Å²) in [4.78, 5) is 0. The molecule has 1 aromatic carbocycles. The Morgan fingerprint density at radius 3 is 2.53 bits per heavy atom. The minimum absolute atomic E-state index is 0.439. The van der Waals surface area contributed by atoms with Crippen LogP contribution in [0.5, 0.6) is 0 Å². The Labute approximate surface area is 105 Å². The maximum absolute atomic E-state index is 3.28. The summed E-state index contributed by atoms with van der Waals surface area (Å²) in [7, 11) is 2.01. The molecule has 0 bridgehead atoms. The summed E-state index contributed by atoms with van der Waals surface area (Å²) in [5, 5.41) is 3.28. The van der Waals surface area contributed by atoms with Gasteiger partial charge in [0.15, 0.2) is 0 Å². The highest BCUT2D eigenvalue weighted by molar-refractivity contribution is 5.35. The van der Waals surface area contributed by atoms with E-state index >= 15 is 0 Å². The molecule has 1 aromatic rings. The van der Waals surface area contributed by atoms with Crippen LogP contribution in [0, 0.1) is 0 Å². The first-order valence-corrected chi connectivity index (χ1v) is 6.35. The van der Waals surface area contributed by atoms with E-state index in [-0.39, 0.29) is 0 Å². The van der Waals surface area contributed by atoms with Crippen molar-refractivity contribution >= 4 is 0 Å². The molecule has 0 saturated heterocycles. The van der Waals surface area contributed by atoms with E-state index < -0.39 is 0 Å². The Bertz CT molecular complexity index is 362. The molecule has 0 aliphatic carbocycles. The van der Waals surface area contributed by atoms with E-state index in [1.807, 2.05) is 7.05 Å². The first kappa shape index (κ1) is 13.7. The highest BCUT2D eigenvalue weighted by atomic mass is 14.8. The molecule has 0 aromatic heterocycles. The second-order valence-corrected chi connectivity index (χ2v) is 4.12. The predicted octanol–water partition coefficient (Wildman–Crippen LogP) is 3.90. The van der Waals surface area contributed by atoms with Crippen LogP contribution in [0.15, 0.2) is 54.1 Å². The summed E-state index contributed by atoms with van der Waals surface area (Å²) in [5.74, 6) is 0.439. The number of allylic oxidation sites excluding steroid dienone is 3. The van der Waals surface area contributed by atoms with Crippen LogP contribution >= 0.6 is 0 Å². The van der Waals surface area contributed by atoms with Crippen molar-refractivity contribution in [1.29, 1.82) is 0 Å². The minimum Gasteiger partial charge on any atom is -0.319 e. The van der Waals surface area contributed by atoms with Crippen LogP contribution in [0.3, 0.4) is 0 Å². The number of nitrogens with one attached hydrogen (secondary N) is 1. The monoisotopic (exact) mass is 229 g/mol. The van der Waals surface area contributed by atoms with Gasteiger partial charge in [-0.25, -0.2) is 0 Å². The van der Waals surface area contributed by atoms with Gasteiger partial charge < -0.3 is 5.32 Å². The molecule has 1 N–H and O–H groups in total. The predicted molar refractivity (Wildman–Crippen MR) is 76.3 cm³/mol. The third-order valence-corrected chi connectivity index (χ3v) is 2.89. The number of likely N-dealkylation sites (N-methyl/N-ethyl adjacent to an activating group) is 1. The zero-order chi connectivity index (χ0) is 12.5. The van der Waals surface area contributed by atoms with Crippen molar-refractivity contribution in [3.05, 3.63) is 59.7 Å². The highest BCUT2D eigenvalue weighted by Gasteiger charge is 2.12. The molecule has 1 rings (SSSR count). The van der Waals surface area contributed by atoms with Crippen molar-refractivity contribution in [2.75, 3.05) is 13.6 Å². The molecule has 0 aliphatic heterocycles. The van der Waals surface area contributed by atoms with Crippen LogP contribution in [0.25, 0.3) is 0 Å². The standard InChI is InChI=1S/C16H23N/c1-4-6-10-14(5-2)16(13-17-3)15-11-8-7-9-12-15/h5-12,16-17H,4,13H2,1-3H3/b10-6-,14-5+. The molecule has 0 fully saturated rings. The highest BCUT2D eigenvalue weighted by Crippen LogP contribution is 2.24. The molecule has 1 atom stereocenters.